The van der Waals surface area contributed by atoms with Crippen molar-refractivity contribution in [1.82, 2.24) is 19.9 Å². The van der Waals surface area contributed by atoms with Crippen molar-refractivity contribution in [1.29, 1.82) is 0 Å². The number of ether oxygens (including phenoxy) is 1. The summed E-state index contributed by atoms with van der Waals surface area (Å²) in [4.78, 5) is 17.2. The average molecular weight is 632 g/mol. The molecule has 11 heteroatoms. The highest BCUT2D eigenvalue weighted by Gasteiger charge is 2.27. The number of carbonyl (C=O) groups is 1. The molecule has 1 unspecified atom stereocenters. The standard InChI is InChI=1S/C35H33F4N5O2/c1-21-16-24(8-12-27(21)34(45)42-26-10-11-26)31-19-41-33-30(40-15-14-35(37,38)39)18-29(43-44(31)33)22(2)28-17-25(36)9-13-32(28)46-20-23-6-4-3-5-7-23/h3-9,12-13,16-19,22,26,40H,10-11,14-15,20H2,1-2H3,(H,42,45). The Labute approximate surface area is 263 Å². The van der Waals surface area contributed by atoms with E-state index >= 15 is 0 Å². The van der Waals surface area contributed by atoms with Crippen LogP contribution in [0.2, 0.25) is 0 Å². The highest BCUT2D eigenvalue weighted by Crippen LogP contribution is 2.35. The van der Waals surface area contributed by atoms with E-state index in [9.17, 15) is 22.4 Å². The van der Waals surface area contributed by atoms with Gasteiger partial charge in [-0.3, -0.25) is 4.79 Å². The Morgan fingerprint density at radius 1 is 1.07 bits per heavy atom. The van der Waals surface area contributed by atoms with Gasteiger partial charge in [-0.15, -0.1) is 0 Å². The maximum absolute atomic E-state index is 14.6. The van der Waals surface area contributed by atoms with E-state index in [-0.39, 0.29) is 25.1 Å². The van der Waals surface area contributed by atoms with E-state index in [1.807, 2.05) is 50.2 Å². The average Bonchev–Trinajstić information content (AvgIpc) is 3.74. The molecule has 3 aromatic carbocycles. The summed E-state index contributed by atoms with van der Waals surface area (Å²) in [5, 5.41) is 10.8. The predicted octanol–water partition coefficient (Wildman–Crippen LogP) is 7.83. The molecule has 1 amide bonds. The first-order valence-corrected chi connectivity index (χ1v) is 15.1. The van der Waals surface area contributed by atoms with Gasteiger partial charge in [0.15, 0.2) is 5.65 Å². The number of benzene rings is 3. The molecule has 0 spiro atoms. The van der Waals surface area contributed by atoms with Crippen LogP contribution >= 0.6 is 0 Å². The van der Waals surface area contributed by atoms with E-state index in [2.05, 4.69) is 15.6 Å². The summed E-state index contributed by atoms with van der Waals surface area (Å²) in [5.41, 5.74) is 5.27. The number of aromatic nitrogens is 3. The minimum absolute atomic E-state index is 0.129. The number of alkyl halides is 3. The van der Waals surface area contributed by atoms with E-state index < -0.39 is 24.3 Å². The lowest BCUT2D eigenvalue weighted by Gasteiger charge is -2.19. The van der Waals surface area contributed by atoms with Crippen molar-refractivity contribution in [2.24, 2.45) is 0 Å². The van der Waals surface area contributed by atoms with Crippen molar-refractivity contribution in [2.75, 3.05) is 11.9 Å². The number of hydrogen-bond acceptors (Lipinski definition) is 5. The molecular weight excluding hydrogens is 598 g/mol. The number of nitrogens with zero attached hydrogens (tertiary/aromatic N) is 3. The van der Waals surface area contributed by atoms with E-state index in [0.717, 1.165) is 29.5 Å². The van der Waals surface area contributed by atoms with Crippen LogP contribution in [-0.2, 0) is 6.61 Å². The minimum atomic E-state index is -4.34. The van der Waals surface area contributed by atoms with Crippen LogP contribution in [0.15, 0.2) is 79.0 Å². The fraction of sp³-hybridized carbons (Fsp3) is 0.286. The Morgan fingerprint density at radius 2 is 1.85 bits per heavy atom. The molecule has 1 aliphatic carbocycles. The van der Waals surface area contributed by atoms with Crippen LogP contribution in [0.3, 0.4) is 0 Å². The van der Waals surface area contributed by atoms with Gasteiger partial charge in [-0.1, -0.05) is 43.3 Å². The topological polar surface area (TPSA) is 80.6 Å². The van der Waals surface area contributed by atoms with Crippen LogP contribution in [0.25, 0.3) is 16.9 Å². The van der Waals surface area contributed by atoms with Gasteiger partial charge < -0.3 is 15.4 Å². The summed E-state index contributed by atoms with van der Waals surface area (Å²) in [6.07, 6.45) is -1.82. The van der Waals surface area contributed by atoms with E-state index in [1.165, 1.54) is 12.1 Å². The zero-order valence-corrected chi connectivity index (χ0v) is 25.4. The number of rotatable bonds is 11. The molecule has 0 saturated heterocycles. The normalized spacial score (nSPS) is 13.9. The first-order valence-electron chi connectivity index (χ1n) is 15.1. The van der Waals surface area contributed by atoms with Crippen LogP contribution in [0, 0.1) is 12.7 Å². The first-order chi connectivity index (χ1) is 22.1. The lowest BCUT2D eigenvalue weighted by atomic mass is 9.96. The van der Waals surface area contributed by atoms with Gasteiger partial charge in [-0.25, -0.2) is 13.9 Å². The molecule has 238 valence electrons. The summed E-state index contributed by atoms with van der Waals surface area (Å²) in [6, 6.07) is 21.1. The molecule has 6 rings (SSSR count). The lowest BCUT2D eigenvalue weighted by Crippen LogP contribution is -2.26. The fourth-order valence-electron chi connectivity index (χ4n) is 5.32. The van der Waals surface area contributed by atoms with Crippen LogP contribution in [0.1, 0.15) is 64.8 Å². The number of nitrogens with one attached hydrogen (secondary N) is 2. The summed E-state index contributed by atoms with van der Waals surface area (Å²) in [7, 11) is 0. The minimum Gasteiger partial charge on any atom is -0.489 e. The second-order valence-electron chi connectivity index (χ2n) is 11.6. The SMILES string of the molecule is Cc1cc(-c2cnc3c(NCCC(F)(F)F)cc(C(C)c4cc(F)ccc4OCc4ccccc4)nn23)ccc1C(=O)NC1CC1. The molecule has 5 aromatic rings. The van der Waals surface area contributed by atoms with Gasteiger partial charge in [0.25, 0.3) is 5.91 Å². The van der Waals surface area contributed by atoms with E-state index in [4.69, 9.17) is 9.84 Å². The quantitative estimate of drug-likeness (QED) is 0.145. The Bertz CT molecular complexity index is 1870. The van der Waals surface area contributed by atoms with Crippen molar-refractivity contribution in [3.8, 4) is 17.0 Å². The third-order valence-electron chi connectivity index (χ3n) is 8.01. The lowest BCUT2D eigenvalue weighted by molar-refractivity contribution is -0.131. The Hall–Kier alpha value is -4.93. The number of amides is 1. The van der Waals surface area contributed by atoms with Crippen LogP contribution in [-0.4, -0.2) is 39.3 Å². The molecule has 1 saturated carbocycles. The van der Waals surface area contributed by atoms with Gasteiger partial charge in [0.05, 0.1) is 29.7 Å². The second kappa shape index (κ2) is 12.8. The predicted molar refractivity (Wildman–Crippen MR) is 168 cm³/mol. The van der Waals surface area contributed by atoms with Crippen LogP contribution < -0.4 is 15.4 Å². The molecule has 1 aliphatic rings. The van der Waals surface area contributed by atoms with Crippen molar-refractivity contribution >= 4 is 17.2 Å². The highest BCUT2D eigenvalue weighted by atomic mass is 19.4. The molecule has 1 atom stereocenters. The van der Waals surface area contributed by atoms with Gasteiger partial charge in [0, 0.05) is 35.2 Å². The summed E-state index contributed by atoms with van der Waals surface area (Å²) in [6.45, 7) is 3.59. The van der Waals surface area contributed by atoms with Crippen LogP contribution in [0.5, 0.6) is 5.75 Å². The number of fused-ring (bicyclic) bond motifs is 1. The maximum Gasteiger partial charge on any atom is 0.390 e. The van der Waals surface area contributed by atoms with Gasteiger partial charge in [0.1, 0.15) is 18.2 Å². The molecule has 0 bridgehead atoms. The Morgan fingerprint density at radius 3 is 2.57 bits per heavy atom. The van der Waals surface area contributed by atoms with Crippen LogP contribution in [0.4, 0.5) is 23.2 Å². The zero-order valence-electron chi connectivity index (χ0n) is 25.4. The summed E-state index contributed by atoms with van der Waals surface area (Å²) >= 11 is 0. The number of anilines is 1. The molecule has 46 heavy (non-hydrogen) atoms. The number of carbonyl (C=O) groups excluding carboxylic acids is 1. The van der Waals surface area contributed by atoms with Crippen molar-refractivity contribution < 1.29 is 27.1 Å². The fourth-order valence-corrected chi connectivity index (χ4v) is 5.32. The number of aryl methyl sites for hydroxylation is 1. The monoisotopic (exact) mass is 631 g/mol. The summed E-state index contributed by atoms with van der Waals surface area (Å²) < 4.78 is 61.4. The number of halogens is 4. The second-order valence-corrected chi connectivity index (χ2v) is 11.6. The Balaban J connectivity index is 1.38. The molecule has 2 heterocycles. The van der Waals surface area contributed by atoms with Crippen molar-refractivity contribution in [3.63, 3.8) is 0 Å². The van der Waals surface area contributed by atoms with Gasteiger partial charge in [-0.2, -0.15) is 18.3 Å². The molecule has 0 aliphatic heterocycles. The number of imidazole rings is 1. The largest absolute Gasteiger partial charge is 0.489 e. The number of hydrogen-bond donors (Lipinski definition) is 2. The molecule has 1 fully saturated rings. The third kappa shape index (κ3) is 7.14. The molecular formula is C35H33F4N5O2. The Kier molecular flexibility index (Phi) is 8.66. The van der Waals surface area contributed by atoms with Crippen molar-refractivity contribution in [2.45, 2.75) is 57.9 Å². The smallest absolute Gasteiger partial charge is 0.390 e. The first kappa shape index (κ1) is 31.1. The van der Waals surface area contributed by atoms with Gasteiger partial charge in [-0.05, 0) is 67.3 Å². The van der Waals surface area contributed by atoms with Gasteiger partial charge in [0.2, 0.25) is 0 Å². The molecule has 7 nitrogen and oxygen atoms in total. The van der Waals surface area contributed by atoms with Gasteiger partial charge >= 0.3 is 6.18 Å². The maximum atomic E-state index is 14.6. The highest BCUT2D eigenvalue weighted by molar-refractivity contribution is 5.96. The van der Waals surface area contributed by atoms with Crippen molar-refractivity contribution in [3.05, 3.63) is 113 Å². The zero-order chi connectivity index (χ0) is 32.4. The molecule has 2 N–H and O–H groups in total. The molecule has 2 aromatic heterocycles. The summed E-state index contributed by atoms with van der Waals surface area (Å²) in [5.74, 6) is -0.633. The third-order valence-corrected chi connectivity index (χ3v) is 8.01. The van der Waals surface area contributed by atoms with E-state index in [0.29, 0.717) is 39.6 Å². The van der Waals surface area contributed by atoms with E-state index in [1.54, 1.807) is 35.0 Å². The molecule has 0 radical (unpaired) electrons.